The number of nitrogens with zero attached hydrogens (tertiary/aromatic N) is 3. The maximum Gasteiger partial charge on any atom is 0.431 e. The summed E-state index contributed by atoms with van der Waals surface area (Å²) in [5.41, 5.74) is -1.22. The molecule has 4 rings (SSSR count). The molecule has 10 heteroatoms. The van der Waals surface area contributed by atoms with Gasteiger partial charge in [-0.05, 0) is 17.5 Å². The molecule has 3 aromatic rings. The number of ketones is 1. The van der Waals surface area contributed by atoms with E-state index in [-0.39, 0.29) is 10.8 Å². The SMILES string of the molecule is O=C(C1=C(C(F)(F)F)Nc2ncnn2C1c1ccoc1)c1cccs1. The fourth-order valence-electron chi connectivity index (χ4n) is 2.71. The van der Waals surface area contributed by atoms with Crippen LogP contribution >= 0.6 is 11.3 Å². The van der Waals surface area contributed by atoms with E-state index in [0.29, 0.717) is 5.56 Å². The zero-order valence-corrected chi connectivity index (χ0v) is 13.1. The van der Waals surface area contributed by atoms with Crippen LogP contribution in [0.1, 0.15) is 21.3 Å². The highest BCUT2D eigenvalue weighted by molar-refractivity contribution is 7.12. The molecule has 0 amide bonds. The predicted molar refractivity (Wildman–Crippen MR) is 82.2 cm³/mol. The normalized spacial score (nSPS) is 17.3. The Hall–Kier alpha value is -2.88. The van der Waals surface area contributed by atoms with Gasteiger partial charge in [-0.1, -0.05) is 6.07 Å². The van der Waals surface area contributed by atoms with Crippen molar-refractivity contribution in [2.75, 3.05) is 5.32 Å². The number of hydrogen-bond donors (Lipinski definition) is 1. The zero-order valence-electron chi connectivity index (χ0n) is 12.3. The van der Waals surface area contributed by atoms with Crippen molar-refractivity contribution in [1.29, 1.82) is 0 Å². The lowest BCUT2D eigenvalue weighted by atomic mass is 9.93. The monoisotopic (exact) mass is 366 g/mol. The summed E-state index contributed by atoms with van der Waals surface area (Å²) in [6, 6.07) is 3.49. The Morgan fingerprint density at radius 3 is 2.84 bits per heavy atom. The van der Waals surface area contributed by atoms with Gasteiger partial charge in [0.05, 0.1) is 23.0 Å². The van der Waals surface area contributed by atoms with Crippen LogP contribution in [0.15, 0.2) is 58.1 Å². The highest BCUT2D eigenvalue weighted by atomic mass is 32.1. The van der Waals surface area contributed by atoms with Crippen LogP contribution in [0.5, 0.6) is 0 Å². The van der Waals surface area contributed by atoms with Crippen LogP contribution in [-0.4, -0.2) is 26.7 Å². The highest BCUT2D eigenvalue weighted by Gasteiger charge is 2.46. The van der Waals surface area contributed by atoms with Crippen molar-refractivity contribution in [2.45, 2.75) is 12.2 Å². The van der Waals surface area contributed by atoms with Crippen molar-refractivity contribution < 1.29 is 22.4 Å². The van der Waals surface area contributed by atoms with E-state index in [2.05, 4.69) is 15.4 Å². The number of hydrogen-bond acceptors (Lipinski definition) is 6. The minimum absolute atomic E-state index is 0.0961. The first-order valence-corrected chi connectivity index (χ1v) is 7.93. The van der Waals surface area contributed by atoms with Gasteiger partial charge in [-0.15, -0.1) is 11.3 Å². The number of nitrogens with one attached hydrogen (secondary N) is 1. The summed E-state index contributed by atoms with van der Waals surface area (Å²) in [4.78, 5) is 16.9. The summed E-state index contributed by atoms with van der Waals surface area (Å²) in [5, 5.41) is 7.80. The Labute approximate surface area is 142 Å². The van der Waals surface area contributed by atoms with Crippen LogP contribution in [-0.2, 0) is 0 Å². The molecule has 1 N–H and O–H groups in total. The van der Waals surface area contributed by atoms with E-state index in [0.717, 1.165) is 17.7 Å². The minimum atomic E-state index is -4.76. The molecule has 1 atom stereocenters. The number of furan rings is 1. The average molecular weight is 366 g/mol. The molecular formula is C15H9F3N4O2S. The van der Waals surface area contributed by atoms with Crippen molar-refractivity contribution in [3.05, 3.63) is 64.1 Å². The van der Waals surface area contributed by atoms with Gasteiger partial charge < -0.3 is 9.73 Å². The zero-order chi connectivity index (χ0) is 17.6. The number of carbonyl (C=O) groups excluding carboxylic acids is 1. The lowest BCUT2D eigenvalue weighted by molar-refractivity contribution is -0.0918. The molecule has 0 spiro atoms. The first-order valence-electron chi connectivity index (χ1n) is 7.05. The molecule has 0 bridgehead atoms. The molecule has 128 valence electrons. The standard InChI is InChI=1S/C15H9F3N4O2S/c16-15(17,18)13-10(12(23)9-2-1-5-25-9)11(8-3-4-24-6-8)22-14(21-13)19-7-20-22/h1-7,11H,(H,19,20,21). The Morgan fingerprint density at radius 2 is 2.20 bits per heavy atom. The molecule has 3 aromatic heterocycles. The Kier molecular flexibility index (Phi) is 3.49. The molecule has 0 aliphatic carbocycles. The van der Waals surface area contributed by atoms with Crippen LogP contribution in [0.25, 0.3) is 0 Å². The number of fused-ring (bicyclic) bond motifs is 1. The largest absolute Gasteiger partial charge is 0.472 e. The molecule has 0 fully saturated rings. The van der Waals surface area contributed by atoms with Crippen molar-refractivity contribution in [3.63, 3.8) is 0 Å². The number of Topliss-reactive ketones (excluding diaryl/α,β-unsaturated/α-hetero) is 1. The topological polar surface area (TPSA) is 73.0 Å². The number of halogens is 3. The van der Waals surface area contributed by atoms with Crippen LogP contribution in [0.4, 0.5) is 19.1 Å². The lowest BCUT2D eigenvalue weighted by Gasteiger charge is -2.29. The van der Waals surface area contributed by atoms with E-state index < -0.39 is 29.3 Å². The first-order chi connectivity index (χ1) is 12.0. The van der Waals surface area contributed by atoms with Crippen molar-refractivity contribution in [2.24, 2.45) is 0 Å². The van der Waals surface area contributed by atoms with Gasteiger partial charge in [0.25, 0.3) is 0 Å². The molecule has 1 aliphatic rings. The predicted octanol–water partition coefficient (Wildman–Crippen LogP) is 3.65. The number of aromatic nitrogens is 3. The third-order valence-electron chi connectivity index (χ3n) is 3.73. The second kappa shape index (κ2) is 5.59. The van der Waals surface area contributed by atoms with E-state index >= 15 is 0 Å². The maximum atomic E-state index is 13.7. The van der Waals surface area contributed by atoms with E-state index in [1.807, 2.05) is 0 Å². The number of carbonyl (C=O) groups is 1. The molecule has 25 heavy (non-hydrogen) atoms. The van der Waals surface area contributed by atoms with Gasteiger partial charge in [-0.3, -0.25) is 4.79 Å². The van der Waals surface area contributed by atoms with E-state index in [1.165, 1.54) is 29.3 Å². The van der Waals surface area contributed by atoms with Crippen molar-refractivity contribution >= 4 is 23.1 Å². The smallest absolute Gasteiger partial charge is 0.431 e. The van der Waals surface area contributed by atoms with Crippen LogP contribution < -0.4 is 5.32 Å². The molecule has 0 saturated carbocycles. The van der Waals surface area contributed by atoms with E-state index in [1.54, 1.807) is 11.4 Å². The van der Waals surface area contributed by atoms with Gasteiger partial charge in [0.1, 0.15) is 18.1 Å². The molecule has 1 aliphatic heterocycles. The number of thiophene rings is 1. The van der Waals surface area contributed by atoms with Crippen LogP contribution in [0.3, 0.4) is 0 Å². The number of rotatable bonds is 3. The molecule has 0 radical (unpaired) electrons. The number of alkyl halides is 3. The van der Waals surface area contributed by atoms with Crippen molar-refractivity contribution in [3.8, 4) is 0 Å². The van der Waals surface area contributed by atoms with E-state index in [4.69, 9.17) is 4.42 Å². The summed E-state index contributed by atoms with van der Waals surface area (Å²) in [7, 11) is 0. The van der Waals surface area contributed by atoms with Crippen LogP contribution in [0.2, 0.25) is 0 Å². The molecular weight excluding hydrogens is 357 g/mol. The third-order valence-corrected chi connectivity index (χ3v) is 4.60. The fraction of sp³-hybridized carbons (Fsp3) is 0.133. The molecule has 4 heterocycles. The van der Waals surface area contributed by atoms with Gasteiger partial charge in [0.2, 0.25) is 11.7 Å². The second-order valence-electron chi connectivity index (χ2n) is 5.21. The lowest BCUT2D eigenvalue weighted by Crippen LogP contribution is -2.34. The quantitative estimate of drug-likeness (QED) is 0.717. The summed E-state index contributed by atoms with van der Waals surface area (Å²) in [5.74, 6) is -0.816. The summed E-state index contributed by atoms with van der Waals surface area (Å²) >= 11 is 1.07. The fourth-order valence-corrected chi connectivity index (χ4v) is 3.38. The third kappa shape index (κ3) is 2.54. The Morgan fingerprint density at radius 1 is 1.36 bits per heavy atom. The molecule has 1 unspecified atom stereocenters. The van der Waals surface area contributed by atoms with E-state index in [9.17, 15) is 18.0 Å². The van der Waals surface area contributed by atoms with Crippen molar-refractivity contribution in [1.82, 2.24) is 14.8 Å². The number of allylic oxidation sites excluding steroid dienone is 2. The second-order valence-corrected chi connectivity index (χ2v) is 6.15. The number of anilines is 1. The Balaban J connectivity index is 1.97. The minimum Gasteiger partial charge on any atom is -0.472 e. The van der Waals surface area contributed by atoms with Gasteiger partial charge in [0.15, 0.2) is 0 Å². The summed E-state index contributed by atoms with van der Waals surface area (Å²) < 4.78 is 47.2. The molecule has 0 aromatic carbocycles. The average Bonchev–Trinajstić information content (AvgIpc) is 3.33. The molecule has 6 nitrogen and oxygen atoms in total. The molecule has 0 saturated heterocycles. The van der Waals surface area contributed by atoms with Crippen LogP contribution in [0, 0.1) is 0 Å². The van der Waals surface area contributed by atoms with Gasteiger partial charge >= 0.3 is 6.18 Å². The summed E-state index contributed by atoms with van der Waals surface area (Å²) in [6.45, 7) is 0. The Bertz CT molecular complexity index is 942. The van der Waals surface area contributed by atoms with Gasteiger partial charge in [-0.25, -0.2) is 4.68 Å². The van der Waals surface area contributed by atoms with Gasteiger partial charge in [-0.2, -0.15) is 23.3 Å². The highest BCUT2D eigenvalue weighted by Crippen LogP contribution is 2.42. The first kappa shape index (κ1) is 15.6. The van der Waals surface area contributed by atoms with Gasteiger partial charge in [0, 0.05) is 5.56 Å². The summed E-state index contributed by atoms with van der Waals surface area (Å²) in [6.07, 6.45) is -1.02. The maximum absolute atomic E-state index is 13.7.